The molecule has 0 atom stereocenters. The molecule has 1 aliphatic rings. The Hall–Kier alpha value is -2.62. The van der Waals surface area contributed by atoms with Crippen molar-refractivity contribution in [1.29, 1.82) is 0 Å². The first-order valence-electron chi connectivity index (χ1n) is 8.75. The van der Waals surface area contributed by atoms with E-state index in [1.165, 1.54) is 18.1 Å². The first-order valence-corrected chi connectivity index (χ1v) is 8.75. The van der Waals surface area contributed by atoms with Crippen LogP contribution in [0.2, 0.25) is 0 Å². The van der Waals surface area contributed by atoms with E-state index in [-0.39, 0.29) is 18.3 Å². The number of hydrogen-bond donors (Lipinski definition) is 0. The van der Waals surface area contributed by atoms with Gasteiger partial charge in [0.15, 0.2) is 12.4 Å². The van der Waals surface area contributed by atoms with Crippen LogP contribution in [0.1, 0.15) is 41.8 Å². The third-order valence-electron chi connectivity index (χ3n) is 4.61. The lowest BCUT2D eigenvalue weighted by molar-refractivity contribution is -0.120. The van der Waals surface area contributed by atoms with Gasteiger partial charge in [0.2, 0.25) is 0 Å². The number of ether oxygens (including phenoxy) is 1. The zero-order chi connectivity index (χ0) is 17.8. The van der Waals surface area contributed by atoms with Crippen LogP contribution in [0.3, 0.4) is 0 Å². The van der Waals surface area contributed by atoms with Crippen molar-refractivity contribution in [2.45, 2.75) is 33.1 Å². The van der Waals surface area contributed by atoms with E-state index in [1.54, 1.807) is 24.3 Å². The van der Waals surface area contributed by atoms with Gasteiger partial charge in [-0.15, -0.1) is 0 Å². The van der Waals surface area contributed by atoms with Crippen LogP contribution in [-0.4, -0.2) is 24.8 Å². The Morgan fingerprint density at radius 2 is 1.88 bits per heavy atom. The lowest BCUT2D eigenvalue weighted by Crippen LogP contribution is -2.39. The molecular formula is C21H23NO3. The van der Waals surface area contributed by atoms with Crippen molar-refractivity contribution in [3.8, 4) is 5.75 Å². The van der Waals surface area contributed by atoms with Gasteiger partial charge in [-0.2, -0.15) is 0 Å². The fourth-order valence-electron chi connectivity index (χ4n) is 3.28. The van der Waals surface area contributed by atoms with Crippen LogP contribution in [0.25, 0.3) is 0 Å². The van der Waals surface area contributed by atoms with Crippen LogP contribution < -0.4 is 9.64 Å². The van der Waals surface area contributed by atoms with Crippen LogP contribution in [0.15, 0.2) is 42.5 Å². The molecule has 4 nitrogen and oxygen atoms in total. The molecule has 0 N–H and O–H groups in total. The predicted molar refractivity (Wildman–Crippen MR) is 98.4 cm³/mol. The number of aryl methyl sites for hydroxylation is 2. The minimum Gasteiger partial charge on any atom is -0.484 e. The second kappa shape index (κ2) is 7.51. The van der Waals surface area contributed by atoms with Gasteiger partial charge >= 0.3 is 0 Å². The van der Waals surface area contributed by atoms with Crippen molar-refractivity contribution in [1.82, 2.24) is 0 Å². The molecule has 2 aromatic rings. The Balaban J connectivity index is 1.71. The van der Waals surface area contributed by atoms with Crippen molar-refractivity contribution in [2.24, 2.45) is 0 Å². The SMILES string of the molecule is CCc1cccc2c1N(C(=O)COc1ccc(C(C)=O)cc1)CCC2. The van der Waals surface area contributed by atoms with Crippen molar-refractivity contribution in [3.63, 3.8) is 0 Å². The van der Waals surface area contributed by atoms with Gasteiger partial charge < -0.3 is 9.64 Å². The van der Waals surface area contributed by atoms with Crippen LogP contribution in [0.5, 0.6) is 5.75 Å². The molecule has 0 bridgehead atoms. The van der Waals surface area contributed by atoms with Crippen LogP contribution in [0, 0.1) is 0 Å². The summed E-state index contributed by atoms with van der Waals surface area (Å²) in [5.41, 5.74) is 4.15. The van der Waals surface area contributed by atoms with E-state index in [2.05, 4.69) is 25.1 Å². The van der Waals surface area contributed by atoms with Crippen LogP contribution >= 0.6 is 0 Å². The van der Waals surface area contributed by atoms with E-state index in [0.717, 1.165) is 31.5 Å². The van der Waals surface area contributed by atoms with Gasteiger partial charge in [0.1, 0.15) is 5.75 Å². The molecule has 0 fully saturated rings. The molecule has 25 heavy (non-hydrogen) atoms. The summed E-state index contributed by atoms with van der Waals surface area (Å²) in [4.78, 5) is 25.9. The number of para-hydroxylation sites is 1. The number of rotatable bonds is 5. The zero-order valence-corrected chi connectivity index (χ0v) is 14.7. The number of benzene rings is 2. The highest BCUT2D eigenvalue weighted by atomic mass is 16.5. The highest BCUT2D eigenvalue weighted by Crippen LogP contribution is 2.31. The molecule has 0 aromatic heterocycles. The standard InChI is InChI=1S/C21H23NO3/c1-3-16-6-4-7-18-8-5-13-22(21(16)18)20(24)14-25-19-11-9-17(10-12-19)15(2)23/h4,6-7,9-12H,3,5,8,13-14H2,1-2H3. The molecule has 0 saturated carbocycles. The Bertz CT molecular complexity index is 766. The third-order valence-corrected chi connectivity index (χ3v) is 4.61. The maximum atomic E-state index is 12.7. The highest BCUT2D eigenvalue weighted by Gasteiger charge is 2.24. The summed E-state index contributed by atoms with van der Waals surface area (Å²) in [5.74, 6) is 0.580. The first-order chi connectivity index (χ1) is 12.1. The first kappa shape index (κ1) is 17.2. The van der Waals surface area contributed by atoms with Crippen LogP contribution in [0.4, 0.5) is 5.69 Å². The van der Waals surface area contributed by atoms with Crippen LogP contribution in [-0.2, 0) is 17.6 Å². The second-order valence-corrected chi connectivity index (χ2v) is 6.30. The summed E-state index contributed by atoms with van der Waals surface area (Å²) < 4.78 is 5.64. The molecule has 2 aromatic carbocycles. The molecule has 4 heteroatoms. The van der Waals surface area contributed by atoms with Gasteiger partial charge in [0, 0.05) is 12.1 Å². The summed E-state index contributed by atoms with van der Waals surface area (Å²) in [5, 5.41) is 0. The van der Waals surface area contributed by atoms with Gasteiger partial charge in [-0.1, -0.05) is 25.1 Å². The largest absolute Gasteiger partial charge is 0.484 e. The van der Waals surface area contributed by atoms with E-state index in [1.807, 2.05) is 4.90 Å². The molecule has 0 spiro atoms. The number of amides is 1. The minimum absolute atomic E-state index is 0.00307. The topological polar surface area (TPSA) is 46.6 Å². The molecule has 0 aliphatic carbocycles. The molecule has 1 aliphatic heterocycles. The zero-order valence-electron chi connectivity index (χ0n) is 14.7. The highest BCUT2D eigenvalue weighted by molar-refractivity contribution is 5.96. The second-order valence-electron chi connectivity index (χ2n) is 6.30. The van der Waals surface area contributed by atoms with Crippen molar-refractivity contribution < 1.29 is 14.3 Å². The number of hydrogen-bond acceptors (Lipinski definition) is 3. The smallest absolute Gasteiger partial charge is 0.264 e. The number of nitrogens with zero attached hydrogens (tertiary/aromatic N) is 1. The van der Waals surface area contributed by atoms with E-state index < -0.39 is 0 Å². The normalized spacial score (nSPS) is 13.3. The Morgan fingerprint density at radius 1 is 1.12 bits per heavy atom. The summed E-state index contributed by atoms with van der Waals surface area (Å²) in [6.07, 6.45) is 2.89. The summed E-state index contributed by atoms with van der Waals surface area (Å²) in [6.45, 7) is 4.37. The van der Waals surface area contributed by atoms with Crippen molar-refractivity contribution in [3.05, 3.63) is 59.2 Å². The lowest BCUT2D eigenvalue weighted by atomic mass is 9.96. The van der Waals surface area contributed by atoms with Gasteiger partial charge in [-0.05, 0) is 61.6 Å². The number of ketones is 1. The van der Waals surface area contributed by atoms with E-state index in [9.17, 15) is 9.59 Å². The maximum absolute atomic E-state index is 12.7. The molecule has 0 unspecified atom stereocenters. The molecule has 0 saturated heterocycles. The third kappa shape index (κ3) is 3.73. The molecule has 130 valence electrons. The predicted octanol–water partition coefficient (Wildman–Crippen LogP) is 3.81. The molecular weight excluding hydrogens is 314 g/mol. The molecule has 1 amide bonds. The summed E-state index contributed by atoms with van der Waals surface area (Å²) in [6, 6.07) is 13.2. The fourth-order valence-corrected chi connectivity index (χ4v) is 3.28. The molecule has 3 rings (SSSR count). The average molecular weight is 337 g/mol. The van der Waals surface area contributed by atoms with E-state index >= 15 is 0 Å². The Kier molecular flexibility index (Phi) is 5.17. The number of fused-ring (bicyclic) bond motifs is 1. The van der Waals surface area contributed by atoms with Gasteiger partial charge in [0.25, 0.3) is 5.91 Å². The van der Waals surface area contributed by atoms with Crippen molar-refractivity contribution >= 4 is 17.4 Å². The van der Waals surface area contributed by atoms with Gasteiger partial charge in [-0.3, -0.25) is 9.59 Å². The van der Waals surface area contributed by atoms with E-state index in [0.29, 0.717) is 11.3 Å². The number of carbonyl (C=O) groups excluding carboxylic acids is 2. The van der Waals surface area contributed by atoms with E-state index in [4.69, 9.17) is 4.74 Å². The quantitative estimate of drug-likeness (QED) is 0.780. The number of Topliss-reactive ketones (excluding diaryl/α,β-unsaturated/α-hetero) is 1. The fraction of sp³-hybridized carbons (Fsp3) is 0.333. The van der Waals surface area contributed by atoms with Gasteiger partial charge in [0.05, 0.1) is 5.69 Å². The molecule has 0 radical (unpaired) electrons. The Labute approximate surface area is 148 Å². The number of anilines is 1. The monoisotopic (exact) mass is 337 g/mol. The summed E-state index contributed by atoms with van der Waals surface area (Å²) in [7, 11) is 0. The molecule has 1 heterocycles. The minimum atomic E-state index is -0.0301. The average Bonchev–Trinajstić information content (AvgIpc) is 2.65. The Morgan fingerprint density at radius 3 is 2.56 bits per heavy atom. The maximum Gasteiger partial charge on any atom is 0.264 e. The summed E-state index contributed by atoms with van der Waals surface area (Å²) >= 11 is 0. The van der Waals surface area contributed by atoms with Crippen molar-refractivity contribution in [2.75, 3.05) is 18.1 Å². The number of carbonyl (C=O) groups is 2. The lowest BCUT2D eigenvalue weighted by Gasteiger charge is -2.31. The van der Waals surface area contributed by atoms with Gasteiger partial charge in [-0.25, -0.2) is 0 Å².